The predicted molar refractivity (Wildman–Crippen MR) is 144 cm³/mol. The molecule has 3 N–H and O–H groups in total. The average Bonchev–Trinajstić information content (AvgIpc) is 3.66. The van der Waals surface area contributed by atoms with Crippen molar-refractivity contribution in [1.29, 1.82) is 0 Å². The number of fused-ring (bicyclic) bond motifs is 7. The lowest BCUT2D eigenvalue weighted by atomic mass is 9.89. The molecule has 6 rings (SSSR count). The highest BCUT2D eigenvalue weighted by molar-refractivity contribution is 6.04. The number of nitrogens with zero attached hydrogens (tertiary/aromatic N) is 1. The van der Waals surface area contributed by atoms with Gasteiger partial charge in [0.25, 0.3) is 5.91 Å². The smallest absolute Gasteiger partial charge is 0.255 e. The Morgan fingerprint density at radius 3 is 2.74 bits per heavy atom. The van der Waals surface area contributed by atoms with Gasteiger partial charge in [0.1, 0.15) is 12.1 Å². The Balaban J connectivity index is 1.32. The van der Waals surface area contributed by atoms with Gasteiger partial charge in [0, 0.05) is 41.7 Å². The van der Waals surface area contributed by atoms with E-state index in [1.807, 2.05) is 56.3 Å². The summed E-state index contributed by atoms with van der Waals surface area (Å²) in [6.07, 6.45) is 3.05. The van der Waals surface area contributed by atoms with Crippen LogP contribution in [0.2, 0.25) is 0 Å². The van der Waals surface area contributed by atoms with Crippen molar-refractivity contribution >= 4 is 28.6 Å². The van der Waals surface area contributed by atoms with Crippen LogP contribution in [0.1, 0.15) is 66.3 Å². The lowest BCUT2D eigenvalue weighted by Crippen LogP contribution is -2.58. The minimum Gasteiger partial charge on any atom is -0.376 e. The standard InChI is InChI=1S/C30H34N4O4/c1-3-17(2)25(29(36)31-16-18-9-8-14-38-18)33-28(35)24-15-22-19-10-6-7-13-23(19)32-26(22)27-20-11-4-5-12-21(20)30(37)34(24)27/h4-7,10-13,17-18,24-25,27,32H,3,8-9,14-16H2,1-2H3,(H,31,36)(H,33,35)/t17-,18-,24-,25-,27-/m0/s1. The maximum absolute atomic E-state index is 14.0. The van der Waals surface area contributed by atoms with Crippen molar-refractivity contribution in [3.63, 3.8) is 0 Å². The molecule has 3 aromatic rings. The number of ether oxygens (including phenoxy) is 1. The molecule has 0 radical (unpaired) electrons. The molecule has 1 aromatic heterocycles. The highest BCUT2D eigenvalue weighted by Crippen LogP contribution is 2.46. The molecule has 3 aliphatic heterocycles. The Morgan fingerprint density at radius 1 is 1.16 bits per heavy atom. The summed E-state index contributed by atoms with van der Waals surface area (Å²) < 4.78 is 5.65. The third-order valence-electron chi connectivity index (χ3n) is 8.48. The molecular weight excluding hydrogens is 480 g/mol. The first-order chi connectivity index (χ1) is 18.5. The second kappa shape index (κ2) is 9.91. The molecule has 5 atom stereocenters. The molecule has 198 valence electrons. The van der Waals surface area contributed by atoms with Gasteiger partial charge in [0.15, 0.2) is 0 Å². The zero-order valence-electron chi connectivity index (χ0n) is 21.8. The number of carbonyl (C=O) groups is 3. The summed E-state index contributed by atoms with van der Waals surface area (Å²) in [6, 6.07) is 13.8. The van der Waals surface area contributed by atoms with Crippen molar-refractivity contribution in [2.45, 2.75) is 63.8 Å². The minimum atomic E-state index is -0.732. The molecular formula is C30H34N4O4. The molecule has 0 unspecified atom stereocenters. The zero-order valence-corrected chi connectivity index (χ0v) is 21.8. The van der Waals surface area contributed by atoms with E-state index in [0.717, 1.165) is 53.6 Å². The van der Waals surface area contributed by atoms with E-state index in [9.17, 15) is 14.4 Å². The van der Waals surface area contributed by atoms with E-state index in [0.29, 0.717) is 18.5 Å². The van der Waals surface area contributed by atoms with Crippen LogP contribution in [-0.2, 0) is 20.7 Å². The molecule has 1 saturated heterocycles. The molecule has 0 saturated carbocycles. The Labute approximate surface area is 222 Å². The van der Waals surface area contributed by atoms with Crippen molar-refractivity contribution < 1.29 is 19.1 Å². The van der Waals surface area contributed by atoms with Crippen molar-refractivity contribution in [2.24, 2.45) is 5.92 Å². The van der Waals surface area contributed by atoms with E-state index in [4.69, 9.17) is 4.74 Å². The van der Waals surface area contributed by atoms with E-state index in [1.165, 1.54) is 0 Å². The van der Waals surface area contributed by atoms with Crippen LogP contribution >= 0.6 is 0 Å². The molecule has 8 nitrogen and oxygen atoms in total. The number of nitrogens with one attached hydrogen (secondary N) is 3. The van der Waals surface area contributed by atoms with Gasteiger partial charge in [0.05, 0.1) is 12.1 Å². The molecule has 0 bridgehead atoms. The average molecular weight is 515 g/mol. The lowest BCUT2D eigenvalue weighted by Gasteiger charge is -2.38. The number of amides is 3. The predicted octanol–water partition coefficient (Wildman–Crippen LogP) is 3.46. The summed E-state index contributed by atoms with van der Waals surface area (Å²) in [5.74, 6) is -0.736. The van der Waals surface area contributed by atoms with Gasteiger partial charge in [-0.05, 0) is 42.0 Å². The first kappa shape index (κ1) is 24.7. The lowest BCUT2D eigenvalue weighted by molar-refractivity contribution is -0.133. The second-order valence-electron chi connectivity index (χ2n) is 10.7. The summed E-state index contributed by atoms with van der Waals surface area (Å²) in [5.41, 5.74) is 4.52. The Bertz CT molecular complexity index is 1390. The van der Waals surface area contributed by atoms with Crippen LogP contribution in [0.5, 0.6) is 0 Å². The van der Waals surface area contributed by atoms with Gasteiger partial charge in [0.2, 0.25) is 11.8 Å². The SMILES string of the molecule is CC[C@H](C)[C@H](NC(=O)[C@@H]1Cc2c([nH]c3ccccc23)[C@@H]2c3ccccc3C(=O)N21)C(=O)NC[C@@H]1CCCO1. The summed E-state index contributed by atoms with van der Waals surface area (Å²) in [7, 11) is 0. The maximum atomic E-state index is 14.0. The topological polar surface area (TPSA) is 104 Å². The quantitative estimate of drug-likeness (QED) is 0.449. The second-order valence-corrected chi connectivity index (χ2v) is 10.7. The molecule has 3 aliphatic rings. The molecule has 1 fully saturated rings. The van der Waals surface area contributed by atoms with E-state index < -0.39 is 12.1 Å². The van der Waals surface area contributed by atoms with Crippen LogP contribution in [0.15, 0.2) is 48.5 Å². The number of aromatic nitrogens is 1. The van der Waals surface area contributed by atoms with Crippen LogP contribution in [0, 0.1) is 5.92 Å². The number of H-pyrrole nitrogens is 1. The fourth-order valence-corrected chi connectivity index (χ4v) is 6.22. The van der Waals surface area contributed by atoms with Crippen molar-refractivity contribution in [3.05, 3.63) is 70.9 Å². The number of rotatable bonds is 7. The van der Waals surface area contributed by atoms with Gasteiger partial charge in [-0.25, -0.2) is 0 Å². The molecule has 4 heterocycles. The fraction of sp³-hybridized carbons (Fsp3) is 0.433. The molecule has 2 aromatic carbocycles. The Kier molecular flexibility index (Phi) is 6.43. The van der Waals surface area contributed by atoms with E-state index >= 15 is 0 Å². The number of benzene rings is 2. The zero-order chi connectivity index (χ0) is 26.4. The van der Waals surface area contributed by atoms with Gasteiger partial charge < -0.3 is 25.3 Å². The van der Waals surface area contributed by atoms with Crippen LogP contribution in [0.25, 0.3) is 10.9 Å². The van der Waals surface area contributed by atoms with Crippen LogP contribution < -0.4 is 10.6 Å². The number of hydrogen-bond donors (Lipinski definition) is 3. The highest BCUT2D eigenvalue weighted by atomic mass is 16.5. The van der Waals surface area contributed by atoms with Gasteiger partial charge >= 0.3 is 0 Å². The van der Waals surface area contributed by atoms with Gasteiger partial charge in [-0.2, -0.15) is 0 Å². The van der Waals surface area contributed by atoms with Gasteiger partial charge in [-0.15, -0.1) is 0 Å². The first-order valence-corrected chi connectivity index (χ1v) is 13.7. The first-order valence-electron chi connectivity index (χ1n) is 13.7. The summed E-state index contributed by atoms with van der Waals surface area (Å²) in [5, 5.41) is 7.10. The largest absolute Gasteiger partial charge is 0.376 e. The number of aromatic amines is 1. The third kappa shape index (κ3) is 4.07. The van der Waals surface area contributed by atoms with Crippen LogP contribution in [0.3, 0.4) is 0 Å². The summed E-state index contributed by atoms with van der Waals surface area (Å²) in [4.78, 5) is 46.1. The van der Waals surface area contributed by atoms with E-state index in [1.54, 1.807) is 4.90 Å². The third-order valence-corrected chi connectivity index (χ3v) is 8.48. The van der Waals surface area contributed by atoms with Crippen LogP contribution in [-0.4, -0.2) is 58.9 Å². The summed E-state index contributed by atoms with van der Waals surface area (Å²) >= 11 is 0. The molecule has 8 heteroatoms. The van der Waals surface area contributed by atoms with Gasteiger partial charge in [-0.3, -0.25) is 14.4 Å². The molecule has 0 spiro atoms. The number of hydrogen-bond acceptors (Lipinski definition) is 4. The Hall–Kier alpha value is -3.65. The fourth-order valence-electron chi connectivity index (χ4n) is 6.22. The Morgan fingerprint density at radius 2 is 1.95 bits per heavy atom. The van der Waals surface area contributed by atoms with Gasteiger partial charge in [-0.1, -0.05) is 56.7 Å². The van der Waals surface area contributed by atoms with E-state index in [2.05, 4.69) is 21.7 Å². The van der Waals surface area contributed by atoms with E-state index in [-0.39, 0.29) is 35.8 Å². The summed E-state index contributed by atoms with van der Waals surface area (Å²) in [6.45, 7) is 5.13. The van der Waals surface area contributed by atoms with Crippen molar-refractivity contribution in [3.8, 4) is 0 Å². The monoisotopic (exact) mass is 514 g/mol. The molecule has 38 heavy (non-hydrogen) atoms. The van der Waals surface area contributed by atoms with Crippen LogP contribution in [0.4, 0.5) is 0 Å². The maximum Gasteiger partial charge on any atom is 0.255 e. The minimum absolute atomic E-state index is 0.0207. The number of para-hydroxylation sites is 1. The highest BCUT2D eigenvalue weighted by Gasteiger charge is 2.49. The molecule has 3 amide bonds. The van der Waals surface area contributed by atoms with Crippen molar-refractivity contribution in [1.82, 2.24) is 20.5 Å². The number of carbonyl (C=O) groups excluding carboxylic acids is 3. The van der Waals surface area contributed by atoms with Crippen molar-refractivity contribution in [2.75, 3.05) is 13.2 Å². The normalized spacial score (nSPS) is 23.5. The molecule has 0 aliphatic carbocycles.